The lowest BCUT2D eigenvalue weighted by molar-refractivity contribution is -0.159. The van der Waals surface area contributed by atoms with Crippen LogP contribution in [-0.4, -0.2) is 64.2 Å². The maximum Gasteiger partial charge on any atom is 0.308 e. The minimum Gasteiger partial charge on any atom is -0.461 e. The van der Waals surface area contributed by atoms with Crippen LogP contribution >= 0.6 is 0 Å². The first kappa shape index (κ1) is 27.0. The Morgan fingerprint density at radius 3 is 2.66 bits per heavy atom. The van der Waals surface area contributed by atoms with Crippen molar-refractivity contribution in [1.82, 2.24) is 0 Å². The van der Waals surface area contributed by atoms with Gasteiger partial charge in [-0.3, -0.25) is 4.79 Å². The van der Waals surface area contributed by atoms with E-state index in [2.05, 4.69) is 19.1 Å². The largest absolute Gasteiger partial charge is 0.461 e. The highest BCUT2D eigenvalue weighted by molar-refractivity contribution is 5.72. The third-order valence-corrected chi connectivity index (χ3v) is 6.96. The topological polar surface area (TPSA) is 116 Å². The summed E-state index contributed by atoms with van der Waals surface area (Å²) in [7, 11) is 0. The monoisotopic (exact) mass is 454 g/mol. The van der Waals surface area contributed by atoms with E-state index in [4.69, 9.17) is 14.6 Å². The molecule has 7 heteroatoms. The van der Waals surface area contributed by atoms with Crippen molar-refractivity contribution in [3.63, 3.8) is 0 Å². The van der Waals surface area contributed by atoms with E-state index >= 15 is 0 Å². The summed E-state index contributed by atoms with van der Waals surface area (Å²) in [6.07, 6.45) is 7.90. The summed E-state index contributed by atoms with van der Waals surface area (Å²) < 4.78 is 10.7. The van der Waals surface area contributed by atoms with E-state index in [9.17, 15) is 20.1 Å². The van der Waals surface area contributed by atoms with E-state index in [1.807, 2.05) is 19.9 Å². The van der Waals surface area contributed by atoms with Crippen LogP contribution < -0.4 is 0 Å². The van der Waals surface area contributed by atoms with Gasteiger partial charge in [0.2, 0.25) is 0 Å². The van der Waals surface area contributed by atoms with Crippen molar-refractivity contribution in [3.8, 4) is 0 Å². The van der Waals surface area contributed by atoms with Crippen LogP contribution in [0.2, 0.25) is 0 Å². The van der Waals surface area contributed by atoms with Crippen LogP contribution in [0.3, 0.4) is 0 Å². The van der Waals surface area contributed by atoms with E-state index < -0.39 is 18.3 Å². The van der Waals surface area contributed by atoms with Crippen molar-refractivity contribution >= 4 is 5.97 Å². The molecule has 0 saturated carbocycles. The zero-order valence-corrected chi connectivity index (χ0v) is 19.7. The Labute approximate surface area is 192 Å². The first-order chi connectivity index (χ1) is 15.3. The molecule has 0 unspecified atom stereocenters. The third-order valence-electron chi connectivity index (χ3n) is 6.96. The number of esters is 1. The fourth-order valence-corrected chi connectivity index (χ4v) is 4.84. The molecule has 2 aliphatic carbocycles. The van der Waals surface area contributed by atoms with E-state index in [0.29, 0.717) is 25.2 Å². The molecule has 0 aliphatic heterocycles. The van der Waals surface area contributed by atoms with Crippen LogP contribution in [0.1, 0.15) is 65.7 Å². The third kappa shape index (κ3) is 7.96. The van der Waals surface area contributed by atoms with Gasteiger partial charge in [-0.25, -0.2) is 0 Å². The average molecular weight is 455 g/mol. The summed E-state index contributed by atoms with van der Waals surface area (Å²) in [4.78, 5) is 12.5. The van der Waals surface area contributed by atoms with Gasteiger partial charge < -0.3 is 29.9 Å². The summed E-state index contributed by atoms with van der Waals surface area (Å²) in [6.45, 7) is 5.88. The highest BCUT2D eigenvalue weighted by Gasteiger charge is 2.41. The fourth-order valence-electron chi connectivity index (χ4n) is 4.84. The van der Waals surface area contributed by atoms with Crippen LogP contribution in [-0.2, 0) is 14.3 Å². The minimum absolute atomic E-state index is 0.0461. The number of fused-ring (bicyclic) bond motifs is 1. The number of carbonyl (C=O) groups is 1. The Bertz CT molecular complexity index is 632. The van der Waals surface area contributed by atoms with Crippen LogP contribution in [0.5, 0.6) is 0 Å². The van der Waals surface area contributed by atoms with Crippen molar-refractivity contribution in [2.75, 3.05) is 13.4 Å². The number of hydrogen-bond donors (Lipinski definition) is 4. The van der Waals surface area contributed by atoms with Gasteiger partial charge >= 0.3 is 5.97 Å². The van der Waals surface area contributed by atoms with Crippen molar-refractivity contribution in [2.45, 2.75) is 90.1 Å². The molecule has 7 nitrogen and oxygen atoms in total. The zero-order valence-electron chi connectivity index (χ0n) is 19.7. The SMILES string of the molecule is CC[C@H](C)C(=O)O[C@H]1C[C@H](O)C=C2C=C[C@H](C)[C@H](CCC[C@@H](O)C[C@@H](O)CCOCO)[C@H]21. The maximum atomic E-state index is 12.5. The first-order valence-electron chi connectivity index (χ1n) is 12.1. The van der Waals surface area contributed by atoms with Crippen molar-refractivity contribution in [3.05, 3.63) is 23.8 Å². The molecule has 0 heterocycles. The summed E-state index contributed by atoms with van der Waals surface area (Å²) >= 11 is 0. The molecule has 0 bridgehead atoms. The van der Waals surface area contributed by atoms with Gasteiger partial charge in [0.15, 0.2) is 0 Å². The molecule has 0 aromatic heterocycles. The number of rotatable bonds is 13. The Balaban J connectivity index is 1.96. The maximum absolute atomic E-state index is 12.5. The van der Waals surface area contributed by atoms with Crippen LogP contribution in [0.4, 0.5) is 0 Å². The molecule has 0 radical (unpaired) electrons. The lowest BCUT2D eigenvalue weighted by Gasteiger charge is -2.43. The molecule has 0 saturated heterocycles. The summed E-state index contributed by atoms with van der Waals surface area (Å²) in [5.74, 6) is 0.228. The Hall–Kier alpha value is -1.25. The zero-order chi connectivity index (χ0) is 23.7. The van der Waals surface area contributed by atoms with Gasteiger partial charge in [-0.2, -0.15) is 0 Å². The average Bonchev–Trinajstić information content (AvgIpc) is 2.74. The number of hydrogen-bond acceptors (Lipinski definition) is 7. The first-order valence-corrected chi connectivity index (χ1v) is 12.1. The second-order valence-electron chi connectivity index (χ2n) is 9.46. The second kappa shape index (κ2) is 13.5. The van der Waals surface area contributed by atoms with Gasteiger partial charge in [0.05, 0.1) is 30.8 Å². The van der Waals surface area contributed by atoms with Crippen molar-refractivity contribution in [1.29, 1.82) is 0 Å². The van der Waals surface area contributed by atoms with E-state index in [-0.39, 0.29) is 49.6 Å². The van der Waals surface area contributed by atoms with Gasteiger partial charge in [0.25, 0.3) is 0 Å². The minimum atomic E-state index is -0.660. The number of ether oxygens (including phenoxy) is 2. The highest BCUT2D eigenvalue weighted by atomic mass is 16.6. The van der Waals surface area contributed by atoms with Gasteiger partial charge in [0.1, 0.15) is 12.9 Å². The van der Waals surface area contributed by atoms with Gasteiger partial charge in [0, 0.05) is 12.3 Å². The molecule has 184 valence electrons. The molecule has 0 aromatic rings. The van der Waals surface area contributed by atoms with Gasteiger partial charge in [-0.05, 0) is 49.5 Å². The number of aliphatic hydroxyl groups is 4. The van der Waals surface area contributed by atoms with Crippen molar-refractivity contribution < 1.29 is 34.7 Å². The molecule has 8 atom stereocenters. The number of allylic oxidation sites excluding steroid dienone is 2. The summed E-state index contributed by atoms with van der Waals surface area (Å²) in [5, 5.41) is 39.2. The normalized spacial score (nSPS) is 30.2. The molecule has 0 amide bonds. The van der Waals surface area contributed by atoms with E-state index in [1.165, 1.54) is 0 Å². The molecule has 0 spiro atoms. The molecule has 32 heavy (non-hydrogen) atoms. The molecule has 0 aromatic carbocycles. The standard InChI is InChI=1S/C25H42O7/c1-4-16(2)25(30)32-23-14-21(29)12-18-9-8-17(3)22(24(18)23)7-5-6-19(27)13-20(28)10-11-31-15-26/h8-9,12,16-17,19-24,26-29H,4-7,10-11,13-15H2,1-3H3/t16-,17-,19+,20-,21+,22-,23-,24-/m0/s1. The molecule has 0 fully saturated rings. The molecule has 2 rings (SSSR count). The summed E-state index contributed by atoms with van der Waals surface area (Å²) in [5.41, 5.74) is 1.04. The Kier molecular flexibility index (Phi) is 11.4. The smallest absolute Gasteiger partial charge is 0.308 e. The fraction of sp³-hybridized carbons (Fsp3) is 0.800. The van der Waals surface area contributed by atoms with Crippen LogP contribution in [0.15, 0.2) is 23.8 Å². The van der Waals surface area contributed by atoms with E-state index in [1.54, 1.807) is 0 Å². The molecule has 2 aliphatic rings. The Morgan fingerprint density at radius 2 is 1.97 bits per heavy atom. The molecule has 4 N–H and O–H groups in total. The van der Waals surface area contributed by atoms with Gasteiger partial charge in [-0.15, -0.1) is 0 Å². The number of aliphatic hydroxyl groups excluding tert-OH is 4. The lowest BCUT2D eigenvalue weighted by atomic mass is 9.66. The van der Waals surface area contributed by atoms with Gasteiger partial charge in [-0.1, -0.05) is 45.4 Å². The second-order valence-corrected chi connectivity index (χ2v) is 9.46. The Morgan fingerprint density at radius 1 is 1.25 bits per heavy atom. The summed E-state index contributed by atoms with van der Waals surface area (Å²) in [6, 6.07) is 0. The highest BCUT2D eigenvalue weighted by Crippen LogP contribution is 2.44. The number of carbonyl (C=O) groups excluding carboxylic acids is 1. The lowest BCUT2D eigenvalue weighted by Crippen LogP contribution is -2.43. The van der Waals surface area contributed by atoms with Crippen LogP contribution in [0.25, 0.3) is 0 Å². The van der Waals surface area contributed by atoms with E-state index in [0.717, 1.165) is 24.8 Å². The predicted octanol–water partition coefficient (Wildman–Crippen LogP) is 2.71. The molecular weight excluding hydrogens is 412 g/mol. The predicted molar refractivity (Wildman–Crippen MR) is 121 cm³/mol. The molecular formula is C25H42O7. The van der Waals surface area contributed by atoms with Crippen LogP contribution in [0, 0.1) is 23.7 Å². The van der Waals surface area contributed by atoms with Crippen molar-refractivity contribution in [2.24, 2.45) is 23.7 Å². The quantitative estimate of drug-likeness (QED) is 0.192.